The Kier molecular flexibility index (Phi) is 6.70. The monoisotopic (exact) mass is 501 g/mol. The number of hydrogen-bond acceptors (Lipinski definition) is 5. The van der Waals surface area contributed by atoms with Crippen molar-refractivity contribution >= 4 is 16.9 Å². The number of nitrogens with zero attached hydrogens (tertiary/aromatic N) is 1. The fourth-order valence-electron chi connectivity index (χ4n) is 4.69. The molecule has 5 rings (SSSR count). The molecule has 0 N–H and O–H groups in total. The molecule has 1 aliphatic rings. The van der Waals surface area contributed by atoms with Crippen molar-refractivity contribution in [1.82, 2.24) is 4.90 Å². The van der Waals surface area contributed by atoms with Gasteiger partial charge >= 0.3 is 0 Å². The maximum Gasteiger partial charge on any atom is 0.290 e. The lowest BCUT2D eigenvalue weighted by molar-refractivity contribution is 0.0730. The number of hydrogen-bond donors (Lipinski definition) is 0. The van der Waals surface area contributed by atoms with E-state index in [4.69, 9.17) is 13.9 Å². The number of methoxy groups -OCH3 is 1. The highest BCUT2D eigenvalue weighted by atomic mass is 19.1. The second-order valence-corrected chi connectivity index (χ2v) is 9.57. The Morgan fingerprint density at radius 1 is 1.00 bits per heavy atom. The van der Waals surface area contributed by atoms with Gasteiger partial charge in [0.05, 0.1) is 30.7 Å². The van der Waals surface area contributed by atoms with Gasteiger partial charge in [-0.25, -0.2) is 4.39 Å². The second-order valence-electron chi connectivity index (χ2n) is 9.57. The maximum absolute atomic E-state index is 14.0. The molecule has 37 heavy (non-hydrogen) atoms. The molecular formula is C30H28FNO5. The molecule has 0 saturated carbocycles. The summed E-state index contributed by atoms with van der Waals surface area (Å²) in [5.74, 6) is 0.469. The first-order valence-corrected chi connectivity index (χ1v) is 12.3. The summed E-state index contributed by atoms with van der Waals surface area (Å²) in [6.07, 6.45) is 0.589. The number of fused-ring (bicyclic) bond motifs is 2. The number of carbonyl (C=O) groups excluding carboxylic acids is 1. The lowest BCUT2D eigenvalue weighted by Gasteiger charge is -2.26. The van der Waals surface area contributed by atoms with Gasteiger partial charge in [0.25, 0.3) is 5.91 Å². The van der Waals surface area contributed by atoms with E-state index in [1.165, 1.54) is 12.1 Å². The summed E-state index contributed by atoms with van der Waals surface area (Å²) in [5, 5.41) is 0.102. The molecule has 6 nitrogen and oxygen atoms in total. The smallest absolute Gasteiger partial charge is 0.290 e. The van der Waals surface area contributed by atoms with Crippen molar-refractivity contribution in [2.75, 3.05) is 20.3 Å². The molecule has 0 aliphatic carbocycles. The van der Waals surface area contributed by atoms with Crippen molar-refractivity contribution in [1.29, 1.82) is 0 Å². The van der Waals surface area contributed by atoms with Crippen LogP contribution in [0.4, 0.5) is 4.39 Å². The van der Waals surface area contributed by atoms with E-state index < -0.39 is 17.3 Å². The van der Waals surface area contributed by atoms with Crippen LogP contribution in [-0.2, 0) is 6.42 Å². The van der Waals surface area contributed by atoms with Crippen LogP contribution < -0.4 is 14.9 Å². The van der Waals surface area contributed by atoms with E-state index in [0.717, 1.165) is 11.6 Å². The molecular weight excluding hydrogens is 473 g/mol. The molecule has 0 spiro atoms. The molecule has 1 aliphatic heterocycles. The molecule has 190 valence electrons. The highest BCUT2D eigenvalue weighted by Crippen LogP contribution is 2.41. The average molecular weight is 502 g/mol. The van der Waals surface area contributed by atoms with Crippen molar-refractivity contribution in [2.24, 2.45) is 5.92 Å². The Bertz CT molecular complexity index is 1510. The number of carbonyl (C=O) groups is 1. The second kappa shape index (κ2) is 10.1. The zero-order chi connectivity index (χ0) is 26.1. The van der Waals surface area contributed by atoms with Crippen LogP contribution in [0.3, 0.4) is 0 Å². The average Bonchev–Trinajstić information content (AvgIpc) is 3.18. The van der Waals surface area contributed by atoms with Crippen LogP contribution in [0.25, 0.3) is 11.0 Å². The quantitative estimate of drug-likeness (QED) is 0.307. The summed E-state index contributed by atoms with van der Waals surface area (Å²) in [6.45, 7) is 4.98. The van der Waals surface area contributed by atoms with Gasteiger partial charge in [-0.15, -0.1) is 0 Å². The summed E-state index contributed by atoms with van der Waals surface area (Å²) in [4.78, 5) is 28.9. The van der Waals surface area contributed by atoms with Gasteiger partial charge in [0.1, 0.15) is 11.4 Å². The molecule has 2 heterocycles. The van der Waals surface area contributed by atoms with E-state index in [9.17, 15) is 14.0 Å². The van der Waals surface area contributed by atoms with Gasteiger partial charge in [0.15, 0.2) is 16.9 Å². The van der Waals surface area contributed by atoms with Gasteiger partial charge in [-0.1, -0.05) is 50.2 Å². The number of rotatable bonds is 8. The molecule has 7 heteroatoms. The Hall–Kier alpha value is -4.13. The fraction of sp³-hybridized carbons (Fsp3) is 0.267. The largest absolute Gasteiger partial charge is 0.493 e. The Morgan fingerprint density at radius 3 is 2.51 bits per heavy atom. The van der Waals surface area contributed by atoms with Gasteiger partial charge < -0.3 is 18.8 Å². The van der Waals surface area contributed by atoms with Crippen LogP contribution in [0, 0.1) is 11.7 Å². The first-order valence-electron chi connectivity index (χ1n) is 12.3. The van der Waals surface area contributed by atoms with Crippen molar-refractivity contribution in [3.63, 3.8) is 0 Å². The SMILES string of the molecule is COc1cc(C2c3c(oc4ccc(F)cc4c3=O)C(=O)N2CCc2ccccc2)ccc1OCC(C)C. The van der Waals surface area contributed by atoms with Crippen molar-refractivity contribution < 1.29 is 23.1 Å². The third kappa shape index (κ3) is 4.69. The van der Waals surface area contributed by atoms with E-state index in [2.05, 4.69) is 13.8 Å². The summed E-state index contributed by atoms with van der Waals surface area (Å²) in [5.41, 5.74) is 1.70. The van der Waals surface area contributed by atoms with Gasteiger partial charge in [0.2, 0.25) is 5.76 Å². The molecule has 0 fully saturated rings. The zero-order valence-corrected chi connectivity index (χ0v) is 21.0. The summed E-state index contributed by atoms with van der Waals surface area (Å²) >= 11 is 0. The number of halogens is 1. The van der Waals surface area contributed by atoms with Crippen LogP contribution in [-0.4, -0.2) is 31.1 Å². The normalized spacial score (nSPS) is 14.9. The van der Waals surface area contributed by atoms with E-state index in [0.29, 0.717) is 42.6 Å². The predicted molar refractivity (Wildman–Crippen MR) is 139 cm³/mol. The van der Waals surface area contributed by atoms with Crippen LogP contribution in [0.15, 0.2) is 75.9 Å². The van der Waals surface area contributed by atoms with Crippen molar-refractivity contribution in [2.45, 2.75) is 26.3 Å². The lowest BCUT2D eigenvalue weighted by Crippen LogP contribution is -2.31. The minimum absolute atomic E-state index is 0.0127. The van der Waals surface area contributed by atoms with Gasteiger partial charge in [-0.2, -0.15) is 0 Å². The molecule has 0 radical (unpaired) electrons. The summed E-state index contributed by atoms with van der Waals surface area (Å²) in [6, 6.07) is 18.2. The van der Waals surface area contributed by atoms with Crippen LogP contribution in [0.5, 0.6) is 11.5 Å². The summed E-state index contributed by atoms with van der Waals surface area (Å²) < 4.78 is 31.4. The molecule has 0 saturated heterocycles. The van der Waals surface area contributed by atoms with E-state index >= 15 is 0 Å². The first kappa shape index (κ1) is 24.6. The Morgan fingerprint density at radius 2 is 1.78 bits per heavy atom. The van der Waals surface area contributed by atoms with E-state index in [1.54, 1.807) is 24.1 Å². The number of amides is 1. The molecule has 4 aromatic rings. The molecule has 1 aromatic heterocycles. The van der Waals surface area contributed by atoms with Crippen molar-refractivity contribution in [3.8, 4) is 11.5 Å². The molecule has 1 amide bonds. The molecule has 1 atom stereocenters. The highest BCUT2D eigenvalue weighted by molar-refractivity contribution is 5.99. The third-order valence-corrected chi connectivity index (χ3v) is 6.49. The standard InChI is InChI=1S/C30H28FNO5/c1-18(2)17-36-24-11-9-20(15-25(24)35-3)27-26-28(33)22-16-21(31)10-12-23(22)37-29(26)30(34)32(27)14-13-19-7-5-4-6-8-19/h4-12,15-16,18,27H,13-14,17H2,1-3H3. The minimum Gasteiger partial charge on any atom is -0.493 e. The predicted octanol–water partition coefficient (Wildman–Crippen LogP) is 5.76. The van der Waals surface area contributed by atoms with Gasteiger partial charge in [0, 0.05) is 6.54 Å². The van der Waals surface area contributed by atoms with E-state index in [-0.39, 0.29) is 28.2 Å². The maximum atomic E-state index is 14.0. The van der Waals surface area contributed by atoms with Crippen molar-refractivity contribution in [3.05, 3.63) is 105 Å². The van der Waals surface area contributed by atoms with E-state index in [1.807, 2.05) is 36.4 Å². The molecule has 0 bridgehead atoms. The number of ether oxygens (including phenoxy) is 2. The number of benzene rings is 3. The highest BCUT2D eigenvalue weighted by Gasteiger charge is 2.42. The first-order chi connectivity index (χ1) is 17.9. The van der Waals surface area contributed by atoms with Gasteiger partial charge in [-0.3, -0.25) is 9.59 Å². The van der Waals surface area contributed by atoms with Crippen LogP contribution in [0.2, 0.25) is 0 Å². The van der Waals surface area contributed by atoms with Crippen LogP contribution in [0.1, 0.15) is 47.1 Å². The minimum atomic E-state index is -0.719. The summed E-state index contributed by atoms with van der Waals surface area (Å²) in [7, 11) is 1.55. The zero-order valence-electron chi connectivity index (χ0n) is 21.0. The fourth-order valence-corrected chi connectivity index (χ4v) is 4.69. The third-order valence-electron chi connectivity index (χ3n) is 6.49. The Balaban J connectivity index is 1.62. The topological polar surface area (TPSA) is 69.0 Å². The molecule has 3 aromatic carbocycles. The van der Waals surface area contributed by atoms with Crippen LogP contribution >= 0.6 is 0 Å². The molecule has 1 unspecified atom stereocenters. The van der Waals surface area contributed by atoms with Gasteiger partial charge in [-0.05, 0) is 53.8 Å². The lowest BCUT2D eigenvalue weighted by atomic mass is 9.97. The Labute approximate surface area is 214 Å².